The van der Waals surface area contributed by atoms with Crippen molar-refractivity contribution >= 4 is 68.4 Å². The number of methoxy groups -OCH3 is 1. The molecule has 15 N–H and O–H groups in total. The Hall–Kier alpha value is -4.63. The molecule has 115 heavy (non-hydrogen) atoms. The molecule has 3 aliphatic heterocycles. The summed E-state index contributed by atoms with van der Waals surface area (Å²) in [4.78, 5) is 137. The van der Waals surface area contributed by atoms with E-state index in [1.54, 1.807) is 0 Å². The number of Topliss-reactive ketones (excluding diaryl/α,β-unsaturated/α-hetero) is 3. The minimum absolute atomic E-state index is 0.00772. The lowest BCUT2D eigenvalue weighted by Crippen LogP contribution is -2.64. The zero-order chi connectivity index (χ0) is 85.3. The summed E-state index contributed by atoms with van der Waals surface area (Å²) in [6, 6.07) is -3.21. The molecule has 0 saturated carbocycles. The van der Waals surface area contributed by atoms with Crippen LogP contribution in [0, 0.1) is 0 Å². The molecule has 0 spiro atoms. The highest BCUT2D eigenvalue weighted by Gasteiger charge is 2.48. The molecule has 3 fully saturated rings. The molecule has 0 radical (unpaired) electrons. The molecule has 0 bridgehead atoms. The lowest BCUT2D eigenvalue weighted by Gasteiger charge is -2.42. The molecule has 0 aromatic rings. The van der Waals surface area contributed by atoms with E-state index < -0.39 is 190 Å². The molecular formula is C73H132N6O34P2. The van der Waals surface area contributed by atoms with E-state index in [0.717, 1.165) is 4.90 Å². The summed E-state index contributed by atoms with van der Waals surface area (Å²) in [5, 5.41) is 109. The highest BCUT2D eigenvalue weighted by Crippen LogP contribution is 2.45. The number of hydrogen-bond acceptors (Lipinski definition) is 32. The second kappa shape index (κ2) is 59.1. The molecule has 6 amide bonds. The largest absolute Gasteiger partial charge is 0.494 e. The molecule has 0 aromatic carbocycles. The Balaban J connectivity index is 1.47. The first-order valence-electron chi connectivity index (χ1n) is 40.2. The maximum absolute atomic E-state index is 13.8. The third-order valence-corrected chi connectivity index (χ3v) is 21.2. The predicted octanol–water partition coefficient (Wildman–Crippen LogP) is 0.542. The van der Waals surface area contributed by atoms with Crippen LogP contribution in [0.1, 0.15) is 213 Å². The van der Waals surface area contributed by atoms with Crippen LogP contribution in [0.2, 0.25) is 0 Å². The van der Waals surface area contributed by atoms with Gasteiger partial charge in [-0.1, -0.05) is 57.8 Å². The van der Waals surface area contributed by atoms with Gasteiger partial charge in [-0.15, -0.1) is 0 Å². The van der Waals surface area contributed by atoms with Gasteiger partial charge in [0.1, 0.15) is 97.1 Å². The van der Waals surface area contributed by atoms with E-state index in [4.69, 9.17) is 51.4 Å². The summed E-state index contributed by atoms with van der Waals surface area (Å²) in [6.45, 7) is -1.51. The molecule has 3 rings (SSSR count). The number of unbranched alkanes of at least 4 members (excludes halogenated alkanes) is 15. The number of aliphatic hydroxyl groups is 10. The van der Waals surface area contributed by atoms with E-state index in [1.165, 1.54) is 32.8 Å². The maximum atomic E-state index is 13.8. The van der Waals surface area contributed by atoms with Gasteiger partial charge in [0.15, 0.2) is 18.9 Å². The fourth-order valence-electron chi connectivity index (χ4n) is 12.9. The Morgan fingerprint density at radius 1 is 0.357 bits per heavy atom. The van der Waals surface area contributed by atoms with Crippen LogP contribution in [0.15, 0.2) is 0 Å². The minimum atomic E-state index is -5.13. The number of aliphatic hydroxyl groups excluding tert-OH is 10. The van der Waals surface area contributed by atoms with E-state index in [2.05, 4.69) is 16.0 Å². The molecule has 42 heteroatoms. The molecular weight excluding hydrogens is 1570 g/mol. The summed E-state index contributed by atoms with van der Waals surface area (Å²) in [6.07, 6.45) is -2.68. The molecule has 17 unspecified atom stereocenters. The van der Waals surface area contributed by atoms with Crippen LogP contribution in [0.3, 0.4) is 0 Å². The predicted molar refractivity (Wildman–Crippen MR) is 405 cm³/mol. The third kappa shape index (κ3) is 42.9. The number of hydrogen-bond donors (Lipinski definition) is 15. The van der Waals surface area contributed by atoms with E-state index >= 15 is 0 Å². The maximum Gasteiger partial charge on any atom is 0.494 e. The quantitative estimate of drug-likeness (QED) is 0.0171. The number of hydroxylamine groups is 2. The lowest BCUT2D eigenvalue weighted by atomic mass is 9.97. The average Bonchev–Trinajstić information content (AvgIpc) is 0.818. The Morgan fingerprint density at radius 2 is 0.661 bits per heavy atom. The van der Waals surface area contributed by atoms with Gasteiger partial charge in [-0.3, -0.25) is 56.7 Å². The Morgan fingerprint density at radius 3 is 0.983 bits per heavy atom. The van der Waals surface area contributed by atoms with Gasteiger partial charge in [-0.05, 0) is 77.0 Å². The highest BCUT2D eigenvalue weighted by atomic mass is 31.2. The van der Waals surface area contributed by atoms with Gasteiger partial charge in [-0.25, -0.2) is 14.2 Å². The van der Waals surface area contributed by atoms with Crippen LogP contribution >= 0.6 is 15.6 Å². The van der Waals surface area contributed by atoms with Gasteiger partial charge < -0.3 is 120 Å². The normalized spacial score (nSPS) is 24.6. The van der Waals surface area contributed by atoms with Crippen LogP contribution in [0.4, 0.5) is 0 Å². The van der Waals surface area contributed by atoms with Crippen LogP contribution in [0.25, 0.3) is 0 Å². The van der Waals surface area contributed by atoms with Crippen molar-refractivity contribution < 1.29 is 164 Å². The van der Waals surface area contributed by atoms with Gasteiger partial charge in [-0.2, -0.15) is 4.62 Å². The van der Waals surface area contributed by atoms with Crippen molar-refractivity contribution in [2.75, 3.05) is 106 Å². The van der Waals surface area contributed by atoms with Gasteiger partial charge in [0.2, 0.25) is 35.4 Å². The first-order valence-corrected chi connectivity index (χ1v) is 43.1. The number of phosphoric ester groups is 2. The Kier molecular flexibility index (Phi) is 53.8. The van der Waals surface area contributed by atoms with E-state index in [0.29, 0.717) is 159 Å². The molecule has 40 nitrogen and oxygen atoms in total. The SMILES string of the molecule is COCCN(OP(=O)(O)OCCN(COP(=O)(O)OCCN(CCO)C(=O)CCCCCCC(=O)CCCCCOC1OC(CO)C(O)C(O)C1NC(C)=O)C(=O)CCCCCCC(=O)CCCCCOC1OC(CO)C(O)C(O)C1NC(C)=O)C(=O)CCCCCCC(=O)CCCCCOC1OC(CO)C(O)C(O)C1NC(C)=O. The zero-order valence-electron chi connectivity index (χ0n) is 67.1. The monoisotopic (exact) mass is 1700 g/mol. The molecule has 3 saturated heterocycles. The smallest absolute Gasteiger partial charge is 0.395 e. The summed E-state index contributed by atoms with van der Waals surface area (Å²) in [5.74, 6) is -3.06. The fourth-order valence-corrected chi connectivity index (χ4v) is 14.4. The van der Waals surface area contributed by atoms with Crippen LogP contribution in [0.5, 0.6) is 0 Å². The molecule has 668 valence electrons. The third-order valence-electron chi connectivity index (χ3n) is 19.3. The van der Waals surface area contributed by atoms with Gasteiger partial charge in [0.25, 0.3) is 0 Å². The topological polar surface area (TPSA) is 578 Å². The van der Waals surface area contributed by atoms with Gasteiger partial charge >= 0.3 is 15.6 Å². The Labute approximate surface area is 672 Å². The number of amides is 6. The fraction of sp³-hybridized carbons (Fsp3) is 0.877. The zero-order valence-corrected chi connectivity index (χ0v) is 68.9. The van der Waals surface area contributed by atoms with Crippen molar-refractivity contribution in [1.82, 2.24) is 30.8 Å². The summed E-state index contributed by atoms with van der Waals surface area (Å²) < 4.78 is 86.4. The summed E-state index contributed by atoms with van der Waals surface area (Å²) in [5.41, 5.74) is 0. The first kappa shape index (κ1) is 105. The number of rotatable bonds is 66. The second-order valence-electron chi connectivity index (χ2n) is 28.9. The molecule has 17 atom stereocenters. The summed E-state index contributed by atoms with van der Waals surface area (Å²) >= 11 is 0. The number of ketones is 3. The van der Waals surface area contributed by atoms with Crippen LogP contribution in [-0.2, 0) is 104 Å². The van der Waals surface area contributed by atoms with Crippen LogP contribution in [-0.4, -0.2) is 327 Å². The number of phosphoric acid groups is 2. The van der Waals surface area contributed by atoms with Gasteiger partial charge in [0.05, 0.1) is 52.8 Å². The number of carbonyl (C=O) groups is 9. The van der Waals surface area contributed by atoms with Gasteiger partial charge in [0, 0.05) is 125 Å². The minimum Gasteiger partial charge on any atom is -0.395 e. The molecule has 3 heterocycles. The van der Waals surface area contributed by atoms with Crippen LogP contribution < -0.4 is 16.0 Å². The molecule has 0 aromatic heterocycles. The van der Waals surface area contributed by atoms with E-state index in [-0.39, 0.29) is 108 Å². The number of ether oxygens (including phenoxy) is 7. The highest BCUT2D eigenvalue weighted by molar-refractivity contribution is 7.47. The number of nitrogens with zero attached hydrogens (tertiary/aromatic N) is 3. The summed E-state index contributed by atoms with van der Waals surface area (Å²) in [7, 11) is -8.81. The van der Waals surface area contributed by atoms with E-state index in [1.807, 2.05) is 0 Å². The van der Waals surface area contributed by atoms with Crippen molar-refractivity contribution in [3.8, 4) is 0 Å². The average molecular weight is 1700 g/mol. The standard InChI is InChI=1S/C73H132N6O34P2/c1-50(84)74-62-68(96)65(93)56(46-81)110-71(62)104-40-23-11-17-29-53(87)26-14-5-8-20-32-59(90)77(35-39-80)36-44-107-114(99,100)109-49-78(60(91)33-21-9-6-15-27-54(88)30-18-12-24-41-105-72-63(75-51(2)85)69(97)66(94)57(47-82)111-72)37-45-108-115(101,102)113-79(38-43-103-4)61(92)34-22-10-7-16-28-55(89)31-19-13-25-42-106-73-64(76-52(3)86)70(98)67(95)58(48-83)112-73/h56-58,62-73,80-83,93-98H,5-49H2,1-4H3,(H,74,84)(H,75,85)(H,76,86)(H,99,100)(H,101,102). The number of carbonyl (C=O) groups excluding carboxylic acids is 9. The first-order chi connectivity index (χ1) is 54.8. The van der Waals surface area contributed by atoms with E-state index in [9.17, 15) is 113 Å². The van der Waals surface area contributed by atoms with Crippen molar-refractivity contribution in [3.63, 3.8) is 0 Å². The van der Waals surface area contributed by atoms with Crippen molar-refractivity contribution in [1.29, 1.82) is 0 Å². The van der Waals surface area contributed by atoms with Crippen molar-refractivity contribution in [2.45, 2.75) is 305 Å². The van der Waals surface area contributed by atoms with Crippen molar-refractivity contribution in [2.24, 2.45) is 0 Å². The molecule has 0 aliphatic carbocycles. The number of nitrogens with one attached hydrogen (secondary N) is 3. The molecule has 3 aliphatic rings. The van der Waals surface area contributed by atoms with Crippen molar-refractivity contribution in [3.05, 3.63) is 0 Å². The Bertz CT molecular complexity index is 2920. The lowest BCUT2D eigenvalue weighted by molar-refractivity contribution is -0.270. The second-order valence-corrected chi connectivity index (χ2v) is 31.7.